The summed E-state index contributed by atoms with van der Waals surface area (Å²) in [4.78, 5) is 9.38. The van der Waals surface area contributed by atoms with E-state index in [1.54, 1.807) is 6.20 Å². The van der Waals surface area contributed by atoms with E-state index in [4.69, 9.17) is 9.72 Å². The molecule has 3 aromatic carbocycles. The van der Waals surface area contributed by atoms with Crippen LogP contribution in [-0.4, -0.2) is 19.1 Å². The molecular formula is C43H43N5OPt-2. The summed E-state index contributed by atoms with van der Waals surface area (Å²) in [5, 5.41) is 2.22. The van der Waals surface area contributed by atoms with Crippen LogP contribution >= 0.6 is 0 Å². The molecule has 0 N–H and O–H groups in total. The van der Waals surface area contributed by atoms with Crippen LogP contribution in [0.15, 0.2) is 97.6 Å². The maximum absolute atomic E-state index is 6.39. The fourth-order valence-corrected chi connectivity index (χ4v) is 6.03. The van der Waals surface area contributed by atoms with E-state index in [0.29, 0.717) is 17.3 Å². The molecule has 7 rings (SSSR count). The predicted molar refractivity (Wildman–Crippen MR) is 196 cm³/mol. The molecule has 0 saturated heterocycles. The first-order valence-electron chi connectivity index (χ1n) is 16.8. The van der Waals surface area contributed by atoms with Crippen LogP contribution in [0.4, 0.5) is 0 Å². The van der Waals surface area contributed by atoms with Crippen molar-refractivity contribution in [2.45, 2.75) is 78.6 Å². The number of hydrogen-bond acceptors (Lipinski definition) is 3. The molecule has 4 heterocycles. The largest absolute Gasteiger partial charge is 0.522 e. The Hall–Kier alpha value is -4.54. The number of hydrogen-bond donors (Lipinski definition) is 0. The van der Waals surface area contributed by atoms with Gasteiger partial charge in [0, 0.05) is 50.9 Å². The predicted octanol–water partition coefficient (Wildman–Crippen LogP) is 9.72. The van der Waals surface area contributed by atoms with Gasteiger partial charge in [-0.1, -0.05) is 98.3 Å². The Balaban J connectivity index is 0.00000432. The van der Waals surface area contributed by atoms with E-state index in [0.717, 1.165) is 33.3 Å². The molecule has 258 valence electrons. The normalized spacial score (nSPS) is 12.3. The van der Waals surface area contributed by atoms with E-state index in [1.807, 2.05) is 39.9 Å². The van der Waals surface area contributed by atoms with Crippen molar-refractivity contribution in [3.63, 3.8) is 0 Å². The van der Waals surface area contributed by atoms with E-state index >= 15 is 0 Å². The first-order chi connectivity index (χ1) is 23.1. The zero-order valence-electron chi connectivity index (χ0n) is 30.2. The number of fused-ring (bicyclic) bond motifs is 3. The molecule has 0 amide bonds. The Kier molecular flexibility index (Phi) is 9.15. The summed E-state index contributed by atoms with van der Waals surface area (Å²) >= 11 is 0. The molecule has 50 heavy (non-hydrogen) atoms. The second-order valence-electron chi connectivity index (χ2n) is 15.9. The fourth-order valence-electron chi connectivity index (χ4n) is 6.03. The zero-order valence-corrected chi connectivity index (χ0v) is 32.5. The van der Waals surface area contributed by atoms with Crippen molar-refractivity contribution in [2.24, 2.45) is 0 Å². The fraction of sp³-hybridized carbons (Fsp3) is 0.279. The first-order valence-corrected chi connectivity index (χ1v) is 16.8. The van der Waals surface area contributed by atoms with E-state index in [1.165, 1.54) is 16.7 Å². The number of pyridine rings is 2. The maximum Gasteiger partial charge on any atom is 0.268 e. The van der Waals surface area contributed by atoms with Crippen LogP contribution in [0.25, 0.3) is 39.1 Å². The summed E-state index contributed by atoms with van der Waals surface area (Å²) in [5.74, 6) is 2.55. The van der Waals surface area contributed by atoms with E-state index in [9.17, 15) is 0 Å². The summed E-state index contributed by atoms with van der Waals surface area (Å²) < 4.78 is 12.4. The zero-order chi connectivity index (χ0) is 34.7. The Morgan fingerprint density at radius 3 is 2.02 bits per heavy atom. The molecule has 0 radical (unpaired) electrons. The summed E-state index contributed by atoms with van der Waals surface area (Å²) in [6, 6.07) is 32.2. The Bertz CT molecular complexity index is 2300. The minimum Gasteiger partial charge on any atom is -0.522 e. The van der Waals surface area contributed by atoms with Gasteiger partial charge in [0.25, 0.3) is 6.33 Å². The topological polar surface area (TPSA) is 48.8 Å². The van der Waals surface area contributed by atoms with E-state index in [-0.39, 0.29) is 37.3 Å². The Labute approximate surface area is 310 Å². The van der Waals surface area contributed by atoms with Crippen molar-refractivity contribution >= 4 is 21.8 Å². The molecule has 0 aliphatic carbocycles. The average Bonchev–Trinajstić information content (AvgIpc) is 3.67. The number of benzene rings is 3. The smallest absolute Gasteiger partial charge is 0.268 e. The van der Waals surface area contributed by atoms with Crippen LogP contribution in [0.5, 0.6) is 11.5 Å². The van der Waals surface area contributed by atoms with Gasteiger partial charge in [-0.25, -0.2) is 4.98 Å². The van der Waals surface area contributed by atoms with Gasteiger partial charge in [0.05, 0.1) is 11.5 Å². The van der Waals surface area contributed by atoms with Gasteiger partial charge in [0.2, 0.25) is 0 Å². The molecule has 7 heteroatoms. The number of ether oxygens (including phenoxy) is 1. The second kappa shape index (κ2) is 13.0. The second-order valence-corrected chi connectivity index (χ2v) is 15.9. The number of aromatic nitrogens is 5. The van der Waals surface area contributed by atoms with Crippen LogP contribution in [0, 0.1) is 18.5 Å². The standard InChI is InChI=1S/C43H43N5O.Pt/c1-41(2,3)29-16-18-45-40(25-29)48-37-13-11-10-12-35(37)36-15-14-33(26-38(36)48)49-34-17-19-44-39(27-34)47-21-20-46(28-47)32-23-30(42(4,5)6)22-31(24-32)43(7,8)9;/h10-25H,1-9H3;/q-2;. The molecule has 0 bridgehead atoms. The van der Waals surface area contributed by atoms with Crippen LogP contribution in [0.2, 0.25) is 0 Å². The third-order valence-corrected chi connectivity index (χ3v) is 9.01. The quantitative estimate of drug-likeness (QED) is 0.128. The van der Waals surface area contributed by atoms with Crippen molar-refractivity contribution in [1.29, 1.82) is 0 Å². The van der Waals surface area contributed by atoms with Gasteiger partial charge in [0.1, 0.15) is 5.82 Å². The molecule has 0 fully saturated rings. The monoisotopic (exact) mass is 840 g/mol. The summed E-state index contributed by atoms with van der Waals surface area (Å²) in [7, 11) is 0. The number of imidazole rings is 1. The third kappa shape index (κ3) is 6.91. The molecule has 0 atom stereocenters. The number of para-hydroxylation sites is 1. The minimum absolute atomic E-state index is 0. The summed E-state index contributed by atoms with van der Waals surface area (Å²) in [6.07, 6.45) is 11.0. The van der Waals surface area contributed by atoms with Gasteiger partial charge in [0.15, 0.2) is 0 Å². The molecule has 0 aliphatic heterocycles. The van der Waals surface area contributed by atoms with Gasteiger partial charge < -0.3 is 9.30 Å². The molecule has 0 spiro atoms. The molecule has 7 aromatic rings. The first kappa shape index (κ1) is 35.3. The van der Waals surface area contributed by atoms with E-state index < -0.39 is 0 Å². The SMILES string of the molecule is CC(C)(C)c1cc(-[n+]2[c-]n(-c3[c-]c(Oc4[c-]c5c(cc4)c4ccccc4n5-c4cc(C(C)(C)C)ccn4)ccn3)cc2)cc(C(C)(C)C)c1.[Pt]. The molecule has 0 aliphatic rings. The van der Waals surface area contributed by atoms with Gasteiger partial charge in [-0.3, -0.25) is 14.1 Å². The number of nitrogens with zero attached hydrogens (tertiary/aromatic N) is 5. The van der Waals surface area contributed by atoms with E-state index in [2.05, 4.69) is 151 Å². The van der Waals surface area contributed by atoms with Gasteiger partial charge >= 0.3 is 0 Å². The third-order valence-electron chi connectivity index (χ3n) is 9.01. The minimum atomic E-state index is -0.00836. The Morgan fingerprint density at radius 1 is 0.660 bits per heavy atom. The van der Waals surface area contributed by atoms with Gasteiger partial charge in [-0.15, -0.1) is 17.5 Å². The molecule has 0 saturated carbocycles. The molecular weight excluding hydrogens is 798 g/mol. The molecule has 0 unspecified atom stereocenters. The van der Waals surface area contributed by atoms with Crippen LogP contribution in [0.3, 0.4) is 0 Å². The maximum atomic E-state index is 6.39. The van der Waals surface area contributed by atoms with Crippen LogP contribution in [-0.2, 0) is 37.3 Å². The van der Waals surface area contributed by atoms with Crippen molar-refractivity contribution in [3.8, 4) is 28.8 Å². The van der Waals surface area contributed by atoms with Crippen LogP contribution in [0.1, 0.15) is 79.0 Å². The van der Waals surface area contributed by atoms with Crippen molar-refractivity contribution in [2.75, 3.05) is 0 Å². The summed E-state index contributed by atoms with van der Waals surface area (Å²) in [6.45, 7) is 20.1. The van der Waals surface area contributed by atoms with Crippen LogP contribution < -0.4 is 9.30 Å². The average molecular weight is 841 g/mol. The molecule has 4 aromatic heterocycles. The Morgan fingerprint density at radius 2 is 1.32 bits per heavy atom. The van der Waals surface area contributed by atoms with Crippen molar-refractivity contribution < 1.29 is 30.4 Å². The van der Waals surface area contributed by atoms with Gasteiger partial charge in [-0.2, -0.15) is 18.2 Å². The molecule has 6 nitrogen and oxygen atoms in total. The van der Waals surface area contributed by atoms with Crippen molar-refractivity contribution in [3.05, 3.63) is 133 Å². The summed E-state index contributed by atoms with van der Waals surface area (Å²) in [5.41, 5.74) is 6.84. The van der Waals surface area contributed by atoms with Crippen molar-refractivity contribution in [1.82, 2.24) is 19.1 Å². The van der Waals surface area contributed by atoms with Gasteiger partial charge in [-0.05, 0) is 74.4 Å². The number of rotatable bonds is 5.